The van der Waals surface area contributed by atoms with E-state index in [9.17, 15) is 9.59 Å². The van der Waals surface area contributed by atoms with E-state index in [1.54, 1.807) is 10.8 Å². The number of benzene rings is 2. The van der Waals surface area contributed by atoms with E-state index in [4.69, 9.17) is 0 Å². The number of para-hydroxylation sites is 2. The first kappa shape index (κ1) is 21.2. The fourth-order valence-corrected chi connectivity index (χ4v) is 4.48. The predicted molar refractivity (Wildman–Crippen MR) is 128 cm³/mol. The van der Waals surface area contributed by atoms with Crippen molar-refractivity contribution < 1.29 is 0 Å². The SMILES string of the molecule is O=c1ccn(CCCCCCCCCCn2c3ccccc3c3ccccc32)c(=O)[nH]1. The molecule has 4 aromatic rings. The second-order valence-corrected chi connectivity index (χ2v) is 8.32. The smallest absolute Gasteiger partial charge is 0.328 e. The van der Waals surface area contributed by atoms with Crippen LogP contribution in [-0.4, -0.2) is 14.1 Å². The lowest BCUT2D eigenvalue weighted by Gasteiger charge is -2.08. The fraction of sp³-hybridized carbons (Fsp3) is 0.385. The second kappa shape index (κ2) is 10.3. The van der Waals surface area contributed by atoms with Crippen LogP contribution in [0.4, 0.5) is 0 Å². The van der Waals surface area contributed by atoms with Gasteiger partial charge in [0, 0.05) is 47.2 Å². The zero-order chi connectivity index (χ0) is 21.5. The first-order valence-electron chi connectivity index (χ1n) is 11.5. The minimum Gasteiger partial charge on any atom is -0.340 e. The third-order valence-corrected chi connectivity index (χ3v) is 6.11. The highest BCUT2D eigenvalue weighted by molar-refractivity contribution is 6.07. The maximum Gasteiger partial charge on any atom is 0.328 e. The number of H-pyrrole nitrogens is 1. The molecule has 0 radical (unpaired) electrons. The molecule has 0 aliphatic carbocycles. The number of unbranched alkanes of at least 4 members (excludes halogenated alkanes) is 7. The molecule has 162 valence electrons. The van der Waals surface area contributed by atoms with Crippen molar-refractivity contribution in [1.82, 2.24) is 14.1 Å². The third kappa shape index (κ3) is 5.16. The zero-order valence-electron chi connectivity index (χ0n) is 18.1. The van der Waals surface area contributed by atoms with E-state index in [2.05, 4.69) is 58.1 Å². The molecule has 0 fully saturated rings. The quantitative estimate of drug-likeness (QED) is 0.329. The minimum absolute atomic E-state index is 0.309. The molecule has 1 N–H and O–H groups in total. The van der Waals surface area contributed by atoms with Gasteiger partial charge in [-0.2, -0.15) is 0 Å². The number of fused-ring (bicyclic) bond motifs is 3. The predicted octanol–water partition coefficient (Wildman–Crippen LogP) is 5.47. The topological polar surface area (TPSA) is 59.8 Å². The number of rotatable bonds is 11. The molecule has 2 aromatic carbocycles. The largest absolute Gasteiger partial charge is 0.340 e. The Balaban J connectivity index is 1.15. The van der Waals surface area contributed by atoms with Crippen molar-refractivity contribution in [3.05, 3.63) is 81.6 Å². The molecule has 0 saturated carbocycles. The molecular formula is C26H31N3O2. The van der Waals surface area contributed by atoms with Crippen LogP contribution in [-0.2, 0) is 13.1 Å². The Morgan fingerprint density at radius 3 is 1.71 bits per heavy atom. The summed E-state index contributed by atoms with van der Waals surface area (Å²) < 4.78 is 4.06. The number of aromatic nitrogens is 3. The molecule has 0 saturated heterocycles. The molecule has 0 aliphatic rings. The van der Waals surface area contributed by atoms with Crippen LogP contribution in [0.1, 0.15) is 51.4 Å². The van der Waals surface area contributed by atoms with Gasteiger partial charge in [0.15, 0.2) is 0 Å². The van der Waals surface area contributed by atoms with Crippen LogP contribution in [0.25, 0.3) is 21.8 Å². The third-order valence-electron chi connectivity index (χ3n) is 6.11. The first-order chi connectivity index (χ1) is 15.2. The standard InChI is InChI=1S/C26H31N3O2/c30-25-17-20-28(26(31)27-25)18-11-5-3-1-2-4-6-12-19-29-23-15-9-7-13-21(23)22-14-8-10-16-24(22)29/h7-10,13-17,20H,1-6,11-12,18-19H2,(H,27,30,31). The van der Waals surface area contributed by atoms with Crippen molar-refractivity contribution in [3.63, 3.8) is 0 Å². The highest BCUT2D eigenvalue weighted by atomic mass is 16.2. The summed E-state index contributed by atoms with van der Waals surface area (Å²) >= 11 is 0. The minimum atomic E-state index is -0.334. The molecule has 5 heteroatoms. The normalized spacial score (nSPS) is 11.5. The van der Waals surface area contributed by atoms with Crippen LogP contribution < -0.4 is 11.2 Å². The van der Waals surface area contributed by atoms with Gasteiger partial charge in [0.1, 0.15) is 0 Å². The Labute approximate surface area is 182 Å². The molecule has 5 nitrogen and oxygen atoms in total. The average molecular weight is 418 g/mol. The van der Waals surface area contributed by atoms with E-state index >= 15 is 0 Å². The summed E-state index contributed by atoms with van der Waals surface area (Å²) in [5, 5.41) is 2.70. The number of nitrogens with one attached hydrogen (secondary N) is 1. The number of hydrogen-bond donors (Lipinski definition) is 1. The molecule has 0 atom stereocenters. The van der Waals surface area contributed by atoms with Gasteiger partial charge < -0.3 is 9.13 Å². The van der Waals surface area contributed by atoms with Crippen molar-refractivity contribution in [2.75, 3.05) is 0 Å². The molecule has 0 bridgehead atoms. The number of aryl methyl sites for hydroxylation is 2. The Hall–Kier alpha value is -3.08. The lowest BCUT2D eigenvalue weighted by molar-refractivity contribution is 0.522. The van der Waals surface area contributed by atoms with Gasteiger partial charge in [-0.1, -0.05) is 74.9 Å². The van der Waals surface area contributed by atoms with E-state index in [0.717, 1.165) is 19.4 Å². The molecule has 0 aliphatic heterocycles. The van der Waals surface area contributed by atoms with Gasteiger partial charge >= 0.3 is 5.69 Å². The molecule has 2 heterocycles. The van der Waals surface area contributed by atoms with Crippen molar-refractivity contribution in [2.24, 2.45) is 0 Å². The summed E-state index contributed by atoms with van der Waals surface area (Å²) in [6, 6.07) is 18.8. The number of aromatic amines is 1. The summed E-state index contributed by atoms with van der Waals surface area (Å²) in [5.74, 6) is 0. The first-order valence-corrected chi connectivity index (χ1v) is 11.5. The Morgan fingerprint density at radius 1 is 0.613 bits per heavy atom. The number of nitrogens with zero attached hydrogens (tertiary/aromatic N) is 2. The van der Waals surface area contributed by atoms with E-state index < -0.39 is 0 Å². The highest BCUT2D eigenvalue weighted by Gasteiger charge is 2.08. The van der Waals surface area contributed by atoms with Gasteiger partial charge in [0.05, 0.1) is 0 Å². The maximum absolute atomic E-state index is 11.6. The Kier molecular flexibility index (Phi) is 7.03. The summed E-state index contributed by atoms with van der Waals surface area (Å²) in [7, 11) is 0. The van der Waals surface area contributed by atoms with Gasteiger partial charge in [-0.05, 0) is 25.0 Å². The van der Waals surface area contributed by atoms with Crippen molar-refractivity contribution in [1.29, 1.82) is 0 Å². The molecular weight excluding hydrogens is 386 g/mol. The zero-order valence-corrected chi connectivity index (χ0v) is 18.1. The monoisotopic (exact) mass is 417 g/mol. The molecule has 0 unspecified atom stereocenters. The molecule has 2 aromatic heterocycles. The van der Waals surface area contributed by atoms with Crippen LogP contribution >= 0.6 is 0 Å². The molecule has 31 heavy (non-hydrogen) atoms. The molecule has 0 spiro atoms. The van der Waals surface area contributed by atoms with Crippen LogP contribution in [0.2, 0.25) is 0 Å². The Morgan fingerprint density at radius 2 is 1.13 bits per heavy atom. The number of hydrogen-bond acceptors (Lipinski definition) is 2. The molecule has 0 amide bonds. The Bertz CT molecular complexity index is 1200. The highest BCUT2D eigenvalue weighted by Crippen LogP contribution is 2.29. The van der Waals surface area contributed by atoms with Crippen LogP contribution in [0.15, 0.2) is 70.4 Å². The van der Waals surface area contributed by atoms with Crippen molar-refractivity contribution in [3.8, 4) is 0 Å². The van der Waals surface area contributed by atoms with Crippen molar-refractivity contribution >= 4 is 21.8 Å². The van der Waals surface area contributed by atoms with Crippen LogP contribution in [0, 0.1) is 0 Å². The summed E-state index contributed by atoms with van der Waals surface area (Å²) in [6.07, 6.45) is 11.1. The summed E-state index contributed by atoms with van der Waals surface area (Å²) in [4.78, 5) is 25.0. The van der Waals surface area contributed by atoms with Crippen LogP contribution in [0.3, 0.4) is 0 Å². The summed E-state index contributed by atoms with van der Waals surface area (Å²) in [5.41, 5.74) is 2.03. The van der Waals surface area contributed by atoms with Gasteiger partial charge in [-0.3, -0.25) is 9.78 Å². The lowest BCUT2D eigenvalue weighted by atomic mass is 10.1. The lowest BCUT2D eigenvalue weighted by Crippen LogP contribution is -2.28. The van der Waals surface area contributed by atoms with Gasteiger partial charge in [0.25, 0.3) is 5.56 Å². The van der Waals surface area contributed by atoms with Gasteiger partial charge in [-0.25, -0.2) is 4.79 Å². The van der Waals surface area contributed by atoms with E-state index in [-0.39, 0.29) is 11.2 Å². The van der Waals surface area contributed by atoms with Gasteiger partial charge in [-0.15, -0.1) is 0 Å². The molecule has 4 rings (SSSR count). The second-order valence-electron chi connectivity index (χ2n) is 8.32. The van der Waals surface area contributed by atoms with E-state index in [1.165, 1.54) is 66.4 Å². The van der Waals surface area contributed by atoms with Gasteiger partial charge in [0.2, 0.25) is 0 Å². The van der Waals surface area contributed by atoms with E-state index in [0.29, 0.717) is 6.54 Å². The van der Waals surface area contributed by atoms with Crippen LogP contribution in [0.5, 0.6) is 0 Å². The van der Waals surface area contributed by atoms with Crippen molar-refractivity contribution in [2.45, 2.75) is 64.5 Å². The van der Waals surface area contributed by atoms with E-state index in [1.807, 2.05) is 0 Å². The summed E-state index contributed by atoms with van der Waals surface area (Å²) in [6.45, 7) is 1.75. The fourth-order valence-electron chi connectivity index (χ4n) is 4.48. The maximum atomic E-state index is 11.6. The average Bonchev–Trinajstić information content (AvgIpc) is 3.10.